The monoisotopic (exact) mass is 318 g/mol. The zero-order valence-corrected chi connectivity index (χ0v) is 13.0. The normalized spacial score (nSPS) is 11.9. The van der Waals surface area contributed by atoms with Crippen molar-refractivity contribution in [1.82, 2.24) is 9.71 Å². The zero-order valence-electron chi connectivity index (χ0n) is 11.4. The molecule has 3 aromatic rings. The Balaban J connectivity index is 1.93. The molecule has 108 valence electrons. The van der Waals surface area contributed by atoms with Gasteiger partial charge in [0.05, 0.1) is 11.4 Å². The lowest BCUT2D eigenvalue weighted by Gasteiger charge is -2.08. The van der Waals surface area contributed by atoms with Crippen molar-refractivity contribution in [2.24, 2.45) is 0 Å². The maximum absolute atomic E-state index is 12.5. The summed E-state index contributed by atoms with van der Waals surface area (Å²) in [5, 5.41) is 4.30. The van der Waals surface area contributed by atoms with Crippen LogP contribution >= 0.6 is 11.3 Å². The molecule has 2 aromatic carbocycles. The summed E-state index contributed by atoms with van der Waals surface area (Å²) in [4.78, 5) is 4.56. The van der Waals surface area contributed by atoms with Gasteiger partial charge in [0.25, 0.3) is 0 Å². The van der Waals surface area contributed by atoms with Crippen LogP contribution in [0.2, 0.25) is 0 Å². The van der Waals surface area contributed by atoms with Crippen LogP contribution in [0.25, 0.3) is 10.8 Å². The van der Waals surface area contributed by atoms with Crippen LogP contribution in [-0.2, 0) is 16.6 Å². The number of hydrogen-bond acceptors (Lipinski definition) is 4. The van der Waals surface area contributed by atoms with Gasteiger partial charge in [-0.05, 0) is 18.4 Å². The van der Waals surface area contributed by atoms with E-state index in [4.69, 9.17) is 0 Å². The number of aryl methyl sites for hydroxylation is 1. The van der Waals surface area contributed by atoms with E-state index < -0.39 is 10.0 Å². The maximum atomic E-state index is 12.5. The van der Waals surface area contributed by atoms with E-state index >= 15 is 0 Å². The Morgan fingerprint density at radius 2 is 1.90 bits per heavy atom. The molecular formula is C15H14N2O2S2. The van der Waals surface area contributed by atoms with E-state index in [1.165, 1.54) is 11.3 Å². The topological polar surface area (TPSA) is 59.1 Å². The number of thiazole rings is 1. The van der Waals surface area contributed by atoms with E-state index in [0.29, 0.717) is 4.90 Å². The van der Waals surface area contributed by atoms with Gasteiger partial charge in [-0.1, -0.05) is 36.4 Å². The van der Waals surface area contributed by atoms with Crippen molar-refractivity contribution in [1.29, 1.82) is 0 Å². The number of benzene rings is 2. The smallest absolute Gasteiger partial charge is 0.241 e. The molecule has 4 nitrogen and oxygen atoms in total. The number of aromatic nitrogens is 1. The molecule has 21 heavy (non-hydrogen) atoms. The summed E-state index contributed by atoms with van der Waals surface area (Å²) >= 11 is 1.45. The number of nitrogens with one attached hydrogen (secondary N) is 1. The van der Waals surface area contributed by atoms with Crippen molar-refractivity contribution in [2.45, 2.75) is 18.4 Å². The summed E-state index contributed by atoms with van der Waals surface area (Å²) in [6.07, 6.45) is 0. The molecule has 0 spiro atoms. The third kappa shape index (κ3) is 2.97. The molecule has 0 saturated heterocycles. The lowest BCUT2D eigenvalue weighted by Crippen LogP contribution is -2.23. The van der Waals surface area contributed by atoms with Crippen molar-refractivity contribution in [3.63, 3.8) is 0 Å². The number of nitrogens with zero attached hydrogens (tertiary/aromatic N) is 1. The van der Waals surface area contributed by atoms with Crippen LogP contribution in [0.5, 0.6) is 0 Å². The highest BCUT2D eigenvalue weighted by molar-refractivity contribution is 7.89. The van der Waals surface area contributed by atoms with Crippen LogP contribution in [-0.4, -0.2) is 13.4 Å². The van der Waals surface area contributed by atoms with Crippen LogP contribution in [0, 0.1) is 6.92 Å². The second kappa shape index (κ2) is 5.55. The van der Waals surface area contributed by atoms with Gasteiger partial charge < -0.3 is 0 Å². The third-order valence-corrected chi connectivity index (χ3v) is 5.55. The molecule has 0 amide bonds. The van der Waals surface area contributed by atoms with Gasteiger partial charge >= 0.3 is 0 Å². The van der Waals surface area contributed by atoms with E-state index in [9.17, 15) is 8.42 Å². The fraction of sp³-hybridized carbons (Fsp3) is 0.133. The summed E-state index contributed by atoms with van der Waals surface area (Å²) in [6.45, 7) is 2.10. The summed E-state index contributed by atoms with van der Waals surface area (Å²) in [6, 6.07) is 12.7. The second-order valence-electron chi connectivity index (χ2n) is 4.68. The van der Waals surface area contributed by atoms with Gasteiger partial charge in [-0.25, -0.2) is 18.1 Å². The molecule has 1 heterocycles. The summed E-state index contributed by atoms with van der Waals surface area (Å²) in [7, 11) is -3.56. The summed E-state index contributed by atoms with van der Waals surface area (Å²) in [5.41, 5.74) is 0.902. The minimum Gasteiger partial charge on any atom is -0.245 e. The van der Waals surface area contributed by atoms with Crippen molar-refractivity contribution in [2.75, 3.05) is 0 Å². The van der Waals surface area contributed by atoms with Crippen LogP contribution in [0.15, 0.2) is 52.7 Å². The largest absolute Gasteiger partial charge is 0.245 e. The molecule has 0 aliphatic rings. The first-order valence-electron chi connectivity index (χ1n) is 6.45. The van der Waals surface area contributed by atoms with E-state index in [1.54, 1.807) is 12.1 Å². The van der Waals surface area contributed by atoms with Gasteiger partial charge in [-0.3, -0.25) is 0 Å². The fourth-order valence-corrected chi connectivity index (χ4v) is 4.17. The van der Waals surface area contributed by atoms with Crippen molar-refractivity contribution in [3.8, 4) is 0 Å². The first-order chi connectivity index (χ1) is 10.1. The minimum absolute atomic E-state index is 0.212. The maximum Gasteiger partial charge on any atom is 0.241 e. The lowest BCUT2D eigenvalue weighted by molar-refractivity contribution is 0.582. The number of sulfonamides is 1. The Bertz CT molecular complexity index is 880. The molecule has 3 rings (SSSR count). The molecule has 0 atom stereocenters. The summed E-state index contributed by atoms with van der Waals surface area (Å²) < 4.78 is 27.6. The van der Waals surface area contributed by atoms with Crippen LogP contribution in [0.3, 0.4) is 0 Å². The Morgan fingerprint density at radius 1 is 1.14 bits per heavy atom. The van der Waals surface area contributed by atoms with Crippen LogP contribution in [0.4, 0.5) is 0 Å². The van der Waals surface area contributed by atoms with E-state index in [1.807, 2.05) is 42.6 Å². The molecule has 0 saturated carbocycles. The third-order valence-electron chi connectivity index (χ3n) is 3.12. The van der Waals surface area contributed by atoms with E-state index in [0.717, 1.165) is 21.5 Å². The first kappa shape index (κ1) is 14.2. The number of rotatable bonds is 4. The number of fused-ring (bicyclic) bond motifs is 1. The van der Waals surface area contributed by atoms with E-state index in [-0.39, 0.29) is 6.54 Å². The van der Waals surface area contributed by atoms with Gasteiger partial charge in [0.15, 0.2) is 0 Å². The predicted molar refractivity (Wildman–Crippen MR) is 84.8 cm³/mol. The fourth-order valence-electron chi connectivity index (χ4n) is 2.15. The Labute approximate surface area is 127 Å². The Hall–Kier alpha value is -1.76. The molecule has 0 fully saturated rings. The molecule has 0 unspecified atom stereocenters. The average molecular weight is 318 g/mol. The quantitative estimate of drug-likeness (QED) is 0.804. The molecule has 1 N–H and O–H groups in total. The number of hydrogen-bond donors (Lipinski definition) is 1. The highest BCUT2D eigenvalue weighted by Gasteiger charge is 2.17. The van der Waals surface area contributed by atoms with Crippen molar-refractivity contribution < 1.29 is 8.42 Å². The zero-order chi connectivity index (χ0) is 14.9. The Kier molecular flexibility index (Phi) is 3.75. The van der Waals surface area contributed by atoms with Gasteiger partial charge in [-0.15, -0.1) is 11.3 Å². The van der Waals surface area contributed by atoms with Gasteiger partial charge in [0.1, 0.15) is 5.01 Å². The van der Waals surface area contributed by atoms with Gasteiger partial charge in [0.2, 0.25) is 10.0 Å². The van der Waals surface area contributed by atoms with Crippen molar-refractivity contribution >= 4 is 32.1 Å². The SMILES string of the molecule is Cc1csc(CNS(=O)(=O)c2cccc3ccccc23)n1. The van der Waals surface area contributed by atoms with Crippen LogP contribution in [0.1, 0.15) is 10.7 Å². The van der Waals surface area contributed by atoms with Gasteiger partial charge in [-0.2, -0.15) is 0 Å². The highest BCUT2D eigenvalue weighted by atomic mass is 32.2. The lowest BCUT2D eigenvalue weighted by atomic mass is 10.1. The highest BCUT2D eigenvalue weighted by Crippen LogP contribution is 2.22. The molecule has 6 heteroatoms. The molecular weight excluding hydrogens is 304 g/mol. The average Bonchev–Trinajstić information content (AvgIpc) is 2.90. The van der Waals surface area contributed by atoms with Gasteiger partial charge in [0, 0.05) is 16.5 Å². The van der Waals surface area contributed by atoms with E-state index in [2.05, 4.69) is 9.71 Å². The molecule has 0 aliphatic carbocycles. The minimum atomic E-state index is -3.56. The summed E-state index contributed by atoms with van der Waals surface area (Å²) in [5.74, 6) is 0. The first-order valence-corrected chi connectivity index (χ1v) is 8.81. The second-order valence-corrected chi connectivity index (χ2v) is 7.36. The predicted octanol–water partition coefficient (Wildman–Crippen LogP) is 3.08. The van der Waals surface area contributed by atoms with Crippen molar-refractivity contribution in [3.05, 3.63) is 58.5 Å². The standard InChI is InChI=1S/C15H14N2O2S2/c1-11-10-20-15(17-11)9-16-21(18,19)14-8-4-6-12-5-2-3-7-13(12)14/h2-8,10,16H,9H2,1H3. The molecule has 1 aromatic heterocycles. The molecule has 0 radical (unpaired) electrons. The molecule has 0 aliphatic heterocycles. The van der Waals surface area contributed by atoms with Crippen LogP contribution < -0.4 is 4.72 Å². The Morgan fingerprint density at radius 3 is 2.67 bits per heavy atom. The molecule has 0 bridgehead atoms.